The molecule has 0 spiro atoms. The molecule has 0 radical (unpaired) electrons. The van der Waals surface area contributed by atoms with Gasteiger partial charge in [-0.15, -0.1) is 11.6 Å². The standard InChI is InChI=1S/C17H19ClN2O/c1-20(2)16-9-7-15(8-10-16)17(21)19-12-14-5-3-13(11-18)4-6-14/h3-10H,11-12H2,1-2H3,(H,19,21). The summed E-state index contributed by atoms with van der Waals surface area (Å²) in [6.07, 6.45) is 0. The van der Waals surface area contributed by atoms with E-state index in [4.69, 9.17) is 11.6 Å². The fourth-order valence-electron chi connectivity index (χ4n) is 1.94. The Balaban J connectivity index is 1.94. The smallest absolute Gasteiger partial charge is 0.251 e. The van der Waals surface area contributed by atoms with Crippen molar-refractivity contribution in [2.45, 2.75) is 12.4 Å². The molecule has 0 heterocycles. The van der Waals surface area contributed by atoms with Gasteiger partial charge in [-0.05, 0) is 35.4 Å². The average Bonchev–Trinajstić information content (AvgIpc) is 2.53. The van der Waals surface area contributed by atoms with Gasteiger partial charge >= 0.3 is 0 Å². The minimum Gasteiger partial charge on any atom is -0.378 e. The van der Waals surface area contributed by atoms with E-state index in [9.17, 15) is 4.79 Å². The number of nitrogens with zero attached hydrogens (tertiary/aromatic N) is 1. The Morgan fingerprint density at radius 3 is 2.10 bits per heavy atom. The molecule has 0 aliphatic rings. The van der Waals surface area contributed by atoms with Crippen LogP contribution in [0, 0.1) is 0 Å². The number of amides is 1. The van der Waals surface area contributed by atoms with Crippen LogP contribution in [0.1, 0.15) is 21.5 Å². The summed E-state index contributed by atoms with van der Waals surface area (Å²) in [5.74, 6) is 0.437. The molecule has 2 aromatic carbocycles. The number of rotatable bonds is 5. The summed E-state index contributed by atoms with van der Waals surface area (Å²) in [6.45, 7) is 0.511. The van der Waals surface area contributed by atoms with Gasteiger partial charge in [0.05, 0.1) is 0 Å². The summed E-state index contributed by atoms with van der Waals surface area (Å²) in [5, 5.41) is 2.92. The summed E-state index contributed by atoms with van der Waals surface area (Å²) in [6, 6.07) is 15.4. The number of carbonyl (C=O) groups is 1. The largest absolute Gasteiger partial charge is 0.378 e. The molecule has 110 valence electrons. The van der Waals surface area contributed by atoms with Crippen LogP contribution in [0.5, 0.6) is 0 Å². The summed E-state index contributed by atoms with van der Waals surface area (Å²) in [5.41, 5.74) is 3.87. The molecular weight excluding hydrogens is 284 g/mol. The second kappa shape index (κ2) is 7.14. The molecule has 1 N–H and O–H groups in total. The highest BCUT2D eigenvalue weighted by atomic mass is 35.5. The maximum absolute atomic E-state index is 12.1. The molecule has 0 aromatic heterocycles. The number of alkyl halides is 1. The van der Waals surface area contributed by atoms with Crippen molar-refractivity contribution in [1.82, 2.24) is 5.32 Å². The predicted molar refractivity (Wildman–Crippen MR) is 87.9 cm³/mol. The SMILES string of the molecule is CN(C)c1ccc(C(=O)NCc2ccc(CCl)cc2)cc1. The van der Waals surface area contributed by atoms with E-state index in [1.54, 1.807) is 0 Å². The first-order valence-corrected chi connectivity index (χ1v) is 7.33. The average molecular weight is 303 g/mol. The van der Waals surface area contributed by atoms with Gasteiger partial charge in [-0.3, -0.25) is 4.79 Å². The van der Waals surface area contributed by atoms with Crippen molar-refractivity contribution < 1.29 is 4.79 Å². The third-order valence-electron chi connectivity index (χ3n) is 3.28. The summed E-state index contributed by atoms with van der Waals surface area (Å²) >= 11 is 5.75. The van der Waals surface area contributed by atoms with Crippen molar-refractivity contribution in [2.24, 2.45) is 0 Å². The molecule has 0 unspecified atom stereocenters. The molecule has 0 saturated heterocycles. The van der Waals surface area contributed by atoms with Gasteiger partial charge in [0.25, 0.3) is 5.91 Å². The Labute approximate surface area is 130 Å². The van der Waals surface area contributed by atoms with Crippen LogP contribution in [-0.4, -0.2) is 20.0 Å². The highest BCUT2D eigenvalue weighted by Crippen LogP contribution is 2.12. The molecule has 0 aliphatic heterocycles. The number of nitrogens with one attached hydrogen (secondary N) is 1. The minimum atomic E-state index is -0.0678. The normalized spacial score (nSPS) is 10.2. The van der Waals surface area contributed by atoms with E-state index >= 15 is 0 Å². The Hall–Kier alpha value is -2.00. The van der Waals surface area contributed by atoms with E-state index in [1.807, 2.05) is 67.5 Å². The summed E-state index contributed by atoms with van der Waals surface area (Å²) in [7, 11) is 3.94. The van der Waals surface area contributed by atoms with E-state index in [-0.39, 0.29) is 5.91 Å². The monoisotopic (exact) mass is 302 g/mol. The Morgan fingerprint density at radius 1 is 1.00 bits per heavy atom. The van der Waals surface area contributed by atoms with E-state index in [0.717, 1.165) is 16.8 Å². The lowest BCUT2D eigenvalue weighted by atomic mass is 10.1. The van der Waals surface area contributed by atoms with E-state index in [0.29, 0.717) is 18.0 Å². The van der Waals surface area contributed by atoms with Crippen molar-refractivity contribution in [3.8, 4) is 0 Å². The van der Waals surface area contributed by atoms with Gasteiger partial charge in [-0.25, -0.2) is 0 Å². The third-order valence-corrected chi connectivity index (χ3v) is 3.58. The maximum Gasteiger partial charge on any atom is 0.251 e. The molecular formula is C17H19ClN2O. The first-order valence-electron chi connectivity index (χ1n) is 6.79. The van der Waals surface area contributed by atoms with Crippen LogP contribution in [0.2, 0.25) is 0 Å². The second-order valence-corrected chi connectivity index (χ2v) is 5.34. The van der Waals surface area contributed by atoms with Crippen LogP contribution in [0.3, 0.4) is 0 Å². The number of anilines is 1. The molecule has 4 heteroatoms. The zero-order valence-corrected chi connectivity index (χ0v) is 13.0. The summed E-state index contributed by atoms with van der Waals surface area (Å²) in [4.78, 5) is 14.1. The molecule has 2 rings (SSSR count). The number of carbonyl (C=O) groups excluding carboxylic acids is 1. The number of benzene rings is 2. The first kappa shape index (κ1) is 15.4. The highest BCUT2D eigenvalue weighted by Gasteiger charge is 2.05. The number of halogens is 1. The van der Waals surface area contributed by atoms with E-state index < -0.39 is 0 Å². The lowest BCUT2D eigenvalue weighted by Crippen LogP contribution is -2.22. The molecule has 0 fully saturated rings. The van der Waals surface area contributed by atoms with Gasteiger partial charge in [0.15, 0.2) is 0 Å². The molecule has 0 aliphatic carbocycles. The van der Waals surface area contributed by atoms with Gasteiger partial charge in [0, 0.05) is 37.8 Å². The zero-order valence-electron chi connectivity index (χ0n) is 12.3. The molecule has 0 bridgehead atoms. The van der Waals surface area contributed by atoms with Crippen molar-refractivity contribution in [1.29, 1.82) is 0 Å². The van der Waals surface area contributed by atoms with Gasteiger partial charge in [0.2, 0.25) is 0 Å². The highest BCUT2D eigenvalue weighted by molar-refractivity contribution is 6.17. The van der Waals surface area contributed by atoms with E-state index in [1.165, 1.54) is 0 Å². The topological polar surface area (TPSA) is 32.3 Å². The minimum absolute atomic E-state index is 0.0678. The van der Waals surface area contributed by atoms with E-state index in [2.05, 4.69) is 5.32 Å². The molecule has 0 saturated carbocycles. The Kier molecular flexibility index (Phi) is 5.23. The molecule has 21 heavy (non-hydrogen) atoms. The maximum atomic E-state index is 12.1. The van der Waals surface area contributed by atoms with Crippen molar-refractivity contribution >= 4 is 23.2 Å². The van der Waals surface area contributed by atoms with Crippen LogP contribution < -0.4 is 10.2 Å². The van der Waals surface area contributed by atoms with Crippen molar-refractivity contribution in [3.05, 3.63) is 65.2 Å². The number of hydrogen-bond donors (Lipinski definition) is 1. The quantitative estimate of drug-likeness (QED) is 0.858. The van der Waals surface area contributed by atoms with Crippen LogP contribution in [0.25, 0.3) is 0 Å². The van der Waals surface area contributed by atoms with Crippen LogP contribution >= 0.6 is 11.6 Å². The van der Waals surface area contributed by atoms with Gasteiger partial charge < -0.3 is 10.2 Å². The van der Waals surface area contributed by atoms with Crippen LogP contribution in [0.15, 0.2) is 48.5 Å². The molecule has 2 aromatic rings. The van der Waals surface area contributed by atoms with Gasteiger partial charge in [-0.1, -0.05) is 24.3 Å². The predicted octanol–water partition coefficient (Wildman–Crippen LogP) is 3.42. The zero-order chi connectivity index (χ0) is 15.2. The second-order valence-electron chi connectivity index (χ2n) is 5.07. The fraction of sp³-hybridized carbons (Fsp3) is 0.235. The number of hydrogen-bond acceptors (Lipinski definition) is 2. The van der Waals surface area contributed by atoms with Crippen molar-refractivity contribution in [3.63, 3.8) is 0 Å². The third kappa shape index (κ3) is 4.23. The van der Waals surface area contributed by atoms with Crippen LogP contribution in [-0.2, 0) is 12.4 Å². The molecule has 0 atom stereocenters. The van der Waals surface area contributed by atoms with Gasteiger partial charge in [-0.2, -0.15) is 0 Å². The Morgan fingerprint density at radius 2 is 1.57 bits per heavy atom. The van der Waals surface area contributed by atoms with Crippen molar-refractivity contribution in [2.75, 3.05) is 19.0 Å². The van der Waals surface area contributed by atoms with Gasteiger partial charge in [0.1, 0.15) is 0 Å². The first-order chi connectivity index (χ1) is 10.1. The molecule has 3 nitrogen and oxygen atoms in total. The lowest BCUT2D eigenvalue weighted by molar-refractivity contribution is 0.0951. The Bertz CT molecular complexity index is 591. The summed E-state index contributed by atoms with van der Waals surface area (Å²) < 4.78 is 0. The molecule has 1 amide bonds. The lowest BCUT2D eigenvalue weighted by Gasteiger charge is -2.12. The van der Waals surface area contributed by atoms with Crippen LogP contribution in [0.4, 0.5) is 5.69 Å². The fourth-order valence-corrected chi connectivity index (χ4v) is 2.12.